The third-order valence-electron chi connectivity index (χ3n) is 5.51. The maximum Gasteiger partial charge on any atom is 0.274 e. The molecule has 6 nitrogen and oxygen atoms in total. The second-order valence-corrected chi connectivity index (χ2v) is 9.30. The number of ether oxygens (including phenoxy) is 1. The number of anilines is 1. The highest BCUT2D eigenvalue weighted by Crippen LogP contribution is 2.50. The fraction of sp³-hybridized carbons (Fsp3) is 0.381. The van der Waals surface area contributed by atoms with Crippen molar-refractivity contribution in [2.45, 2.75) is 36.5 Å². The van der Waals surface area contributed by atoms with Gasteiger partial charge in [0, 0.05) is 29.2 Å². The second kappa shape index (κ2) is 7.96. The smallest absolute Gasteiger partial charge is 0.274 e. The first-order valence-corrected chi connectivity index (χ1v) is 10.5. The first-order chi connectivity index (χ1) is 14.3. The average molecular weight is 432 g/mol. The Kier molecular flexibility index (Phi) is 5.50. The van der Waals surface area contributed by atoms with Gasteiger partial charge in [0.25, 0.3) is 5.91 Å². The Hall–Kier alpha value is -2.52. The van der Waals surface area contributed by atoms with Crippen LogP contribution in [-0.2, 0) is 10.3 Å². The number of rotatable bonds is 3. The van der Waals surface area contributed by atoms with E-state index in [4.69, 9.17) is 10.5 Å². The Morgan fingerprint density at radius 3 is 2.70 bits per heavy atom. The van der Waals surface area contributed by atoms with E-state index in [0.29, 0.717) is 36.1 Å². The van der Waals surface area contributed by atoms with Gasteiger partial charge in [-0.1, -0.05) is 11.8 Å². The molecule has 0 aliphatic carbocycles. The van der Waals surface area contributed by atoms with Crippen LogP contribution in [0.2, 0.25) is 0 Å². The number of hydrogen-bond acceptors (Lipinski definition) is 6. The molecule has 1 saturated heterocycles. The SMILES string of the molecule is CC1(c2cc(NC(=O)c3ccc(F)cn3)ccc2F)CC2(CCOCC2)SC(N)=N1. The molecule has 2 aliphatic rings. The Morgan fingerprint density at radius 2 is 2.00 bits per heavy atom. The first-order valence-electron chi connectivity index (χ1n) is 9.64. The summed E-state index contributed by atoms with van der Waals surface area (Å²) in [7, 11) is 0. The minimum absolute atomic E-state index is 0.0611. The number of nitrogens with two attached hydrogens (primary N) is 1. The van der Waals surface area contributed by atoms with Crippen LogP contribution in [0.5, 0.6) is 0 Å². The molecule has 1 unspecified atom stereocenters. The summed E-state index contributed by atoms with van der Waals surface area (Å²) < 4.78 is 33.3. The highest BCUT2D eigenvalue weighted by Gasteiger charge is 2.46. The van der Waals surface area contributed by atoms with E-state index in [1.807, 2.05) is 6.92 Å². The van der Waals surface area contributed by atoms with Crippen molar-refractivity contribution in [1.29, 1.82) is 0 Å². The highest BCUT2D eigenvalue weighted by atomic mass is 32.2. The number of halogens is 2. The number of pyridine rings is 1. The molecule has 1 aromatic carbocycles. The van der Waals surface area contributed by atoms with Crippen molar-refractivity contribution in [2.24, 2.45) is 10.7 Å². The molecule has 0 saturated carbocycles. The predicted octanol–water partition coefficient (Wildman–Crippen LogP) is 3.83. The lowest BCUT2D eigenvalue weighted by Gasteiger charge is -2.45. The molecule has 1 spiro atoms. The van der Waals surface area contributed by atoms with Crippen LogP contribution in [0.3, 0.4) is 0 Å². The molecule has 2 aliphatic heterocycles. The van der Waals surface area contributed by atoms with Crippen LogP contribution < -0.4 is 11.1 Å². The molecule has 1 atom stereocenters. The summed E-state index contributed by atoms with van der Waals surface area (Å²) in [6.07, 6.45) is 3.22. The molecular weight excluding hydrogens is 410 g/mol. The number of benzene rings is 1. The number of nitrogens with one attached hydrogen (secondary N) is 1. The average Bonchev–Trinajstić information content (AvgIpc) is 2.69. The molecule has 9 heteroatoms. The molecule has 0 radical (unpaired) electrons. The maximum absolute atomic E-state index is 14.9. The molecule has 1 aromatic heterocycles. The van der Waals surface area contributed by atoms with Crippen LogP contribution in [0.4, 0.5) is 14.5 Å². The topological polar surface area (TPSA) is 89.6 Å². The summed E-state index contributed by atoms with van der Waals surface area (Å²) in [5, 5.41) is 3.11. The van der Waals surface area contributed by atoms with E-state index in [0.717, 1.165) is 25.1 Å². The lowest BCUT2D eigenvalue weighted by molar-refractivity contribution is 0.0690. The normalized spacial score (nSPS) is 23.1. The van der Waals surface area contributed by atoms with Crippen LogP contribution in [0, 0.1) is 11.6 Å². The van der Waals surface area contributed by atoms with Gasteiger partial charge < -0.3 is 15.8 Å². The van der Waals surface area contributed by atoms with Gasteiger partial charge in [-0.05, 0) is 56.5 Å². The highest BCUT2D eigenvalue weighted by molar-refractivity contribution is 8.15. The summed E-state index contributed by atoms with van der Waals surface area (Å²) >= 11 is 1.54. The lowest BCUT2D eigenvalue weighted by Crippen LogP contribution is -2.45. The van der Waals surface area contributed by atoms with Crippen LogP contribution in [0.15, 0.2) is 41.5 Å². The van der Waals surface area contributed by atoms with Crippen LogP contribution >= 0.6 is 11.8 Å². The molecule has 1 amide bonds. The number of aromatic nitrogens is 1. The molecule has 30 heavy (non-hydrogen) atoms. The van der Waals surface area contributed by atoms with Crippen molar-refractivity contribution in [3.63, 3.8) is 0 Å². The van der Waals surface area contributed by atoms with Crippen molar-refractivity contribution in [3.05, 3.63) is 59.4 Å². The number of nitrogens with zero attached hydrogens (tertiary/aromatic N) is 2. The zero-order valence-electron chi connectivity index (χ0n) is 16.5. The molecular formula is C21H22F2N4O2S. The molecule has 4 rings (SSSR count). The van der Waals surface area contributed by atoms with Crippen LogP contribution in [-0.4, -0.2) is 34.0 Å². The van der Waals surface area contributed by atoms with Gasteiger partial charge in [0.05, 0.1) is 11.7 Å². The quantitative estimate of drug-likeness (QED) is 0.770. The van der Waals surface area contributed by atoms with Gasteiger partial charge in [0.15, 0.2) is 5.17 Å². The maximum atomic E-state index is 14.9. The molecule has 1 fully saturated rings. The number of aliphatic imine (C=N–C) groups is 1. The predicted molar refractivity (Wildman–Crippen MR) is 113 cm³/mol. The van der Waals surface area contributed by atoms with E-state index in [1.54, 1.807) is 17.8 Å². The Labute approximate surface area is 177 Å². The summed E-state index contributed by atoms with van der Waals surface area (Å²) in [5.74, 6) is -1.46. The Bertz CT molecular complexity index is 993. The number of thioether (sulfide) groups is 1. The number of hydrogen-bond donors (Lipinski definition) is 2. The van der Waals surface area contributed by atoms with Gasteiger partial charge in [0.2, 0.25) is 0 Å². The minimum atomic E-state index is -0.869. The monoisotopic (exact) mass is 432 g/mol. The van der Waals surface area contributed by atoms with Crippen LogP contribution in [0.1, 0.15) is 42.2 Å². The van der Waals surface area contributed by atoms with Crippen molar-refractivity contribution in [1.82, 2.24) is 4.98 Å². The number of amidine groups is 1. The number of amides is 1. The fourth-order valence-corrected chi connectivity index (χ4v) is 5.50. The van der Waals surface area contributed by atoms with E-state index >= 15 is 0 Å². The largest absolute Gasteiger partial charge is 0.381 e. The lowest BCUT2D eigenvalue weighted by atomic mass is 9.79. The third kappa shape index (κ3) is 4.17. The third-order valence-corrected chi connectivity index (χ3v) is 6.80. The number of carbonyl (C=O) groups excluding carboxylic acids is 1. The summed E-state index contributed by atoms with van der Waals surface area (Å²) in [4.78, 5) is 20.8. The van der Waals surface area contributed by atoms with Gasteiger partial charge in [-0.2, -0.15) is 0 Å². The van der Waals surface area contributed by atoms with E-state index in [2.05, 4.69) is 15.3 Å². The van der Waals surface area contributed by atoms with Gasteiger partial charge in [0.1, 0.15) is 17.3 Å². The second-order valence-electron chi connectivity index (χ2n) is 7.81. The zero-order chi connectivity index (χ0) is 21.4. The van der Waals surface area contributed by atoms with Gasteiger partial charge in [-0.25, -0.2) is 13.8 Å². The van der Waals surface area contributed by atoms with Gasteiger partial charge in [-0.15, -0.1) is 0 Å². The standard InChI is InChI=1S/C21H22F2N4O2S/c1-20(12-21(30-19(24)27-20)6-8-29-9-7-21)15-10-14(3-4-16(15)23)26-18(28)17-5-2-13(22)11-25-17/h2-5,10-11H,6-9,12H2,1H3,(H2,24,27)(H,26,28). The summed E-state index contributed by atoms with van der Waals surface area (Å²) in [6, 6.07) is 6.80. The molecule has 3 N–H and O–H groups in total. The Balaban J connectivity index is 1.63. The van der Waals surface area contributed by atoms with E-state index in [1.165, 1.54) is 18.2 Å². The van der Waals surface area contributed by atoms with Crippen molar-refractivity contribution in [3.8, 4) is 0 Å². The van der Waals surface area contributed by atoms with Crippen molar-refractivity contribution in [2.75, 3.05) is 18.5 Å². The van der Waals surface area contributed by atoms with Crippen molar-refractivity contribution < 1.29 is 18.3 Å². The number of carbonyl (C=O) groups is 1. The molecule has 0 bridgehead atoms. The van der Waals surface area contributed by atoms with Gasteiger partial charge >= 0.3 is 0 Å². The summed E-state index contributed by atoms with van der Waals surface area (Å²) in [5.41, 5.74) is 6.11. The van der Waals surface area contributed by atoms with Gasteiger partial charge in [-0.3, -0.25) is 9.79 Å². The van der Waals surface area contributed by atoms with Crippen LogP contribution in [0.25, 0.3) is 0 Å². The van der Waals surface area contributed by atoms with Crippen molar-refractivity contribution >= 4 is 28.5 Å². The summed E-state index contributed by atoms with van der Waals surface area (Å²) in [6.45, 7) is 3.14. The zero-order valence-corrected chi connectivity index (χ0v) is 17.3. The fourth-order valence-electron chi connectivity index (χ4n) is 4.09. The van der Waals surface area contributed by atoms with E-state index in [-0.39, 0.29) is 10.4 Å². The first kappa shape index (κ1) is 20.7. The molecule has 2 aromatic rings. The van der Waals surface area contributed by atoms with E-state index < -0.39 is 23.1 Å². The molecule has 158 valence electrons. The minimum Gasteiger partial charge on any atom is -0.381 e. The molecule has 3 heterocycles. The van der Waals surface area contributed by atoms with E-state index in [9.17, 15) is 13.6 Å². The Morgan fingerprint density at radius 1 is 1.23 bits per heavy atom.